The number of rotatable bonds is 5. The molecule has 4 heterocycles. The minimum Gasteiger partial charge on any atom is -0.444 e. The van der Waals surface area contributed by atoms with Gasteiger partial charge in [0.1, 0.15) is 23.1 Å². The van der Waals surface area contributed by atoms with Crippen molar-refractivity contribution in [3.63, 3.8) is 0 Å². The van der Waals surface area contributed by atoms with Crippen LogP contribution < -0.4 is 10.2 Å². The lowest BCUT2D eigenvalue weighted by atomic mass is 9.58. The minimum atomic E-state index is -4.36. The summed E-state index contributed by atoms with van der Waals surface area (Å²) < 4.78 is 60.3. The Kier molecular flexibility index (Phi) is 8.91. The number of hydrogen-bond donors (Lipinski definition) is 1. The Morgan fingerprint density at radius 2 is 1.72 bits per heavy atom. The van der Waals surface area contributed by atoms with Gasteiger partial charge in [-0.15, -0.1) is 10.2 Å². The first-order chi connectivity index (χ1) is 23.2. The highest BCUT2D eigenvalue weighted by atomic mass is 35.5. The quantitative estimate of drug-likeness (QED) is 0.348. The number of amides is 3. The maximum absolute atomic E-state index is 15.9. The van der Waals surface area contributed by atoms with Crippen LogP contribution in [0, 0.1) is 11.7 Å². The molecule has 3 aromatic rings. The number of halogens is 2. The van der Waals surface area contributed by atoms with Gasteiger partial charge in [-0.1, -0.05) is 23.7 Å². The third-order valence-corrected chi connectivity index (χ3v) is 10.7. The molecule has 0 radical (unpaired) electrons. The van der Waals surface area contributed by atoms with Gasteiger partial charge < -0.3 is 29.0 Å². The molecule has 3 fully saturated rings. The van der Waals surface area contributed by atoms with Crippen molar-refractivity contribution in [3.8, 4) is 11.5 Å². The molecule has 2 saturated heterocycles. The fraction of sp³-hybridized carbons (Fsp3) is 0.500. The predicted molar refractivity (Wildman–Crippen MR) is 180 cm³/mol. The summed E-state index contributed by atoms with van der Waals surface area (Å²) >= 11 is 6.07. The van der Waals surface area contributed by atoms with Crippen molar-refractivity contribution in [1.29, 1.82) is 0 Å². The lowest BCUT2D eigenvalue weighted by Gasteiger charge is -2.54. The van der Waals surface area contributed by atoms with E-state index in [1.54, 1.807) is 70.7 Å². The van der Waals surface area contributed by atoms with Gasteiger partial charge in [0, 0.05) is 18.1 Å². The van der Waals surface area contributed by atoms with E-state index in [9.17, 15) is 22.8 Å². The second-order valence-corrected chi connectivity index (χ2v) is 17.6. The molecule has 50 heavy (non-hydrogen) atoms. The van der Waals surface area contributed by atoms with E-state index in [1.165, 1.54) is 11.0 Å². The summed E-state index contributed by atoms with van der Waals surface area (Å²) in [6.45, 7) is 10.9. The fourth-order valence-electron chi connectivity index (χ4n) is 6.64. The molecule has 1 saturated carbocycles. The van der Waals surface area contributed by atoms with E-state index in [0.29, 0.717) is 30.0 Å². The van der Waals surface area contributed by atoms with Crippen molar-refractivity contribution in [2.24, 2.45) is 5.92 Å². The van der Waals surface area contributed by atoms with Gasteiger partial charge in [0.2, 0.25) is 5.89 Å². The maximum Gasteiger partial charge on any atom is 0.410 e. The summed E-state index contributed by atoms with van der Waals surface area (Å²) in [6, 6.07) is 7.01. The van der Waals surface area contributed by atoms with Crippen LogP contribution in [-0.2, 0) is 36.1 Å². The molecule has 1 atom stereocenters. The van der Waals surface area contributed by atoms with Gasteiger partial charge in [0.15, 0.2) is 9.84 Å². The Labute approximate surface area is 294 Å². The summed E-state index contributed by atoms with van der Waals surface area (Å²) in [5, 5.41) is 11.2. The second kappa shape index (κ2) is 12.5. The van der Waals surface area contributed by atoms with Crippen LogP contribution in [0.15, 0.2) is 45.7 Å². The zero-order chi connectivity index (χ0) is 36.4. The number of piperidine rings is 2. The number of carbonyl (C=O) groups is 3. The van der Waals surface area contributed by atoms with Crippen molar-refractivity contribution in [1.82, 2.24) is 20.4 Å². The largest absolute Gasteiger partial charge is 0.444 e. The number of fused-ring (bicyclic) bond motifs is 3. The molecule has 2 aromatic carbocycles. The first-order valence-corrected chi connectivity index (χ1v) is 18.2. The van der Waals surface area contributed by atoms with Crippen LogP contribution in [0.25, 0.3) is 11.5 Å². The van der Waals surface area contributed by atoms with Crippen molar-refractivity contribution < 1.29 is 41.1 Å². The molecule has 3 aliphatic heterocycles. The highest BCUT2D eigenvalue weighted by molar-refractivity contribution is 7.91. The van der Waals surface area contributed by atoms with Crippen molar-refractivity contribution in [2.75, 3.05) is 23.7 Å². The summed E-state index contributed by atoms with van der Waals surface area (Å²) in [6.07, 6.45) is -0.0594. The molecular weight excluding hydrogens is 693 g/mol. The molecule has 0 unspecified atom stereocenters. The number of aromatic nitrogens is 2. The van der Waals surface area contributed by atoms with Crippen molar-refractivity contribution in [2.45, 2.75) is 88.5 Å². The van der Waals surface area contributed by atoms with Crippen LogP contribution in [0.5, 0.6) is 0 Å². The number of alkyl carbamates (subject to hydrolysis) is 1. The summed E-state index contributed by atoms with van der Waals surface area (Å²) in [4.78, 5) is 42.0. The molecule has 13 nitrogen and oxygen atoms in total. The molecule has 1 N–H and O–H groups in total. The van der Waals surface area contributed by atoms with E-state index in [1.807, 2.05) is 0 Å². The summed E-state index contributed by atoms with van der Waals surface area (Å²) in [5.41, 5.74) is -2.01. The molecule has 1 aromatic heterocycles. The Morgan fingerprint density at radius 1 is 1.06 bits per heavy atom. The third kappa shape index (κ3) is 7.29. The maximum atomic E-state index is 15.9. The van der Waals surface area contributed by atoms with E-state index in [4.69, 9.17) is 25.5 Å². The number of nitrogens with zero attached hydrogens (tertiary/aromatic N) is 4. The van der Waals surface area contributed by atoms with Gasteiger partial charge in [0.05, 0.1) is 33.9 Å². The smallest absolute Gasteiger partial charge is 0.410 e. The summed E-state index contributed by atoms with van der Waals surface area (Å²) in [7, 11) is -4.36. The normalized spacial score (nSPS) is 23.0. The molecule has 7 rings (SSSR count). The number of sulfone groups is 1. The van der Waals surface area contributed by atoms with Gasteiger partial charge in [-0.2, -0.15) is 0 Å². The SMILES string of the molecule is CC(C)(C)OC(=O)N[C@H]1CS(=O)(=O)c2cc(F)c(-c3nnc(C45CC(CN(C(=O)OC(C)(C)C)C4)C5)o3)cc2N(Cc2ccc(Cl)cc2)C1=O. The number of ether oxygens (including phenoxy) is 2. The number of hydrogen-bond acceptors (Lipinski definition) is 10. The second-order valence-electron chi connectivity index (χ2n) is 15.2. The van der Waals surface area contributed by atoms with E-state index in [2.05, 4.69) is 15.5 Å². The molecule has 3 amide bonds. The average Bonchev–Trinajstić information content (AvgIpc) is 3.46. The van der Waals surface area contributed by atoms with Crippen LogP contribution in [0.4, 0.5) is 19.7 Å². The first-order valence-electron chi connectivity index (χ1n) is 16.2. The molecule has 4 aliphatic rings. The first kappa shape index (κ1) is 35.6. The zero-order valence-electron chi connectivity index (χ0n) is 28.6. The van der Waals surface area contributed by atoms with Crippen molar-refractivity contribution in [3.05, 3.63) is 58.7 Å². The van der Waals surface area contributed by atoms with Crippen LogP contribution in [0.1, 0.15) is 65.8 Å². The topological polar surface area (TPSA) is 161 Å². The lowest BCUT2D eigenvalue weighted by Crippen LogP contribution is -2.61. The van der Waals surface area contributed by atoms with Gasteiger partial charge in [-0.05, 0) is 90.1 Å². The van der Waals surface area contributed by atoms with Crippen molar-refractivity contribution >= 4 is 45.2 Å². The number of carbonyl (C=O) groups excluding carboxylic acids is 3. The Morgan fingerprint density at radius 3 is 2.36 bits per heavy atom. The monoisotopic (exact) mass is 731 g/mol. The molecule has 268 valence electrons. The average molecular weight is 732 g/mol. The van der Waals surface area contributed by atoms with Gasteiger partial charge in [-0.3, -0.25) is 4.79 Å². The number of anilines is 1. The Bertz CT molecular complexity index is 1950. The Hall–Kier alpha value is -4.24. The van der Waals surface area contributed by atoms with E-state index in [0.717, 1.165) is 6.07 Å². The van der Waals surface area contributed by atoms with Crippen LogP contribution in [-0.4, -0.2) is 77.7 Å². The molecule has 0 spiro atoms. The van der Waals surface area contributed by atoms with Gasteiger partial charge in [-0.25, -0.2) is 22.4 Å². The Balaban J connectivity index is 1.36. The highest BCUT2D eigenvalue weighted by Crippen LogP contribution is 2.52. The predicted octanol–water partition coefficient (Wildman–Crippen LogP) is 5.64. The lowest BCUT2D eigenvalue weighted by molar-refractivity contribution is -0.120. The van der Waals surface area contributed by atoms with Gasteiger partial charge in [0.25, 0.3) is 11.8 Å². The standard InChI is InChI=1S/C34H39ClFN5O8S/c1-32(2,3)48-30(43)37-24-17-50(45,46)26-12-23(36)22(11-25(26)41(28(24)42)16-19-7-9-21(35)10-8-19)27-38-39-29(47-27)34-13-20(14-34)15-40(18-34)31(44)49-33(4,5)6/h7-12,20,24H,13-18H2,1-6H3,(H,37,43)/t20?,24-,34?/m0/s1. The van der Waals surface area contributed by atoms with Crippen LogP contribution >= 0.6 is 11.6 Å². The van der Waals surface area contributed by atoms with E-state index in [-0.39, 0.29) is 42.0 Å². The molecular formula is C34H39ClFN5O8S. The number of benzene rings is 2. The van der Waals surface area contributed by atoms with E-state index < -0.39 is 67.1 Å². The minimum absolute atomic E-state index is 0.134. The summed E-state index contributed by atoms with van der Waals surface area (Å²) in [5.74, 6) is -2.37. The van der Waals surface area contributed by atoms with Gasteiger partial charge >= 0.3 is 12.2 Å². The molecule has 2 bridgehead atoms. The molecule has 1 aliphatic carbocycles. The van der Waals surface area contributed by atoms with Crippen LogP contribution in [0.3, 0.4) is 0 Å². The third-order valence-electron chi connectivity index (χ3n) is 8.66. The number of nitrogens with one attached hydrogen (secondary N) is 1. The van der Waals surface area contributed by atoms with Crippen LogP contribution in [0.2, 0.25) is 5.02 Å². The fourth-order valence-corrected chi connectivity index (χ4v) is 8.38. The van der Waals surface area contributed by atoms with E-state index >= 15 is 4.39 Å². The molecule has 16 heteroatoms. The zero-order valence-corrected chi connectivity index (χ0v) is 30.2. The highest BCUT2D eigenvalue weighted by Gasteiger charge is 2.56.